The average molecular weight is 382 g/mol. The van der Waals surface area contributed by atoms with Crippen LogP contribution in [0.1, 0.15) is 24.5 Å². The van der Waals surface area contributed by atoms with E-state index >= 15 is 0 Å². The Balaban J connectivity index is 0.00000261. The molecule has 1 fully saturated rings. The third-order valence-electron chi connectivity index (χ3n) is 4.77. The maximum atomic E-state index is 12.2. The number of carboxylic acids is 1. The summed E-state index contributed by atoms with van der Waals surface area (Å²) < 4.78 is 5.00. The topological polar surface area (TPSA) is 119 Å². The van der Waals surface area contributed by atoms with Crippen molar-refractivity contribution in [3.05, 3.63) is 41.1 Å². The first-order valence-corrected chi connectivity index (χ1v) is 8.24. The second-order valence-electron chi connectivity index (χ2n) is 6.39. The predicted octanol–water partition coefficient (Wildman–Crippen LogP) is -3.38. The summed E-state index contributed by atoms with van der Waals surface area (Å²) in [4.78, 5) is 36.3. The summed E-state index contributed by atoms with van der Waals surface area (Å²) in [6.07, 6.45) is -1.09. The Hall–Kier alpha value is -1.87. The van der Waals surface area contributed by atoms with Crippen molar-refractivity contribution < 1.29 is 58.9 Å². The van der Waals surface area contributed by atoms with E-state index < -0.39 is 30.0 Å². The van der Waals surface area contributed by atoms with Gasteiger partial charge >= 0.3 is 35.7 Å². The maximum absolute atomic E-state index is 12.2. The molecule has 8 nitrogen and oxygen atoms in total. The van der Waals surface area contributed by atoms with E-state index in [0.29, 0.717) is 23.1 Å². The molecule has 2 aliphatic heterocycles. The van der Waals surface area contributed by atoms with Gasteiger partial charge in [0.05, 0.1) is 29.7 Å². The smallest absolute Gasteiger partial charge is 0.543 e. The summed E-state index contributed by atoms with van der Waals surface area (Å²) in [6, 6.07) is 6.54. The number of amides is 2. The zero-order valence-corrected chi connectivity index (χ0v) is 17.4. The number of hydrogen-bond acceptors (Lipinski definition) is 6. The van der Waals surface area contributed by atoms with Crippen LogP contribution < -0.4 is 40.0 Å². The molecule has 27 heavy (non-hydrogen) atoms. The second kappa shape index (κ2) is 8.43. The minimum Gasteiger partial charge on any atom is -0.543 e. The van der Waals surface area contributed by atoms with Crippen LogP contribution in [0.3, 0.4) is 0 Å². The van der Waals surface area contributed by atoms with Gasteiger partial charge in [0.25, 0.3) is 0 Å². The van der Waals surface area contributed by atoms with Gasteiger partial charge in [0.2, 0.25) is 5.91 Å². The third kappa shape index (κ3) is 3.89. The summed E-state index contributed by atoms with van der Waals surface area (Å²) in [5, 5.41) is 23.8. The molecule has 2 aliphatic rings. The Morgan fingerprint density at radius 3 is 2.74 bits per heavy atom. The van der Waals surface area contributed by atoms with Crippen LogP contribution in [0.4, 0.5) is 4.79 Å². The molecule has 0 radical (unpaired) electrons. The molecular formula is C18H19N2NaO6. The SMILES string of the molecule is CNC(=O)OCc1cccc(C2=C(C(=O)[O-])N3C(=O)[C@H]([C@@H](C)O)[C@H]3C2)c1.[Na+]. The van der Waals surface area contributed by atoms with Gasteiger partial charge in [-0.1, -0.05) is 18.2 Å². The molecule has 9 heteroatoms. The number of carbonyl (C=O) groups excluding carboxylic acids is 3. The third-order valence-corrected chi connectivity index (χ3v) is 4.77. The van der Waals surface area contributed by atoms with E-state index in [0.717, 1.165) is 0 Å². The zero-order valence-electron chi connectivity index (χ0n) is 15.4. The average Bonchev–Trinajstić information content (AvgIpc) is 2.94. The predicted molar refractivity (Wildman–Crippen MR) is 88.0 cm³/mol. The van der Waals surface area contributed by atoms with Crippen LogP contribution in [0.2, 0.25) is 0 Å². The number of hydrogen-bond donors (Lipinski definition) is 2. The van der Waals surface area contributed by atoms with Crippen molar-refractivity contribution in [1.29, 1.82) is 0 Å². The number of nitrogens with one attached hydrogen (secondary N) is 1. The minimum absolute atomic E-state index is 0. The number of carbonyl (C=O) groups is 3. The summed E-state index contributed by atoms with van der Waals surface area (Å²) in [7, 11) is 1.45. The normalized spacial score (nSPS) is 21.7. The fourth-order valence-corrected chi connectivity index (χ4v) is 3.59. The van der Waals surface area contributed by atoms with Crippen molar-refractivity contribution in [3.8, 4) is 0 Å². The first-order chi connectivity index (χ1) is 12.3. The molecule has 2 amide bonds. The molecule has 0 aliphatic carbocycles. The number of carboxylic acid groups (broad SMARTS) is 1. The molecule has 0 unspecified atom stereocenters. The van der Waals surface area contributed by atoms with Crippen molar-refractivity contribution in [2.75, 3.05) is 7.05 Å². The maximum Gasteiger partial charge on any atom is 1.00 e. The number of aliphatic hydroxyl groups is 1. The molecule has 0 bridgehead atoms. The van der Waals surface area contributed by atoms with Gasteiger partial charge in [0.1, 0.15) is 6.61 Å². The van der Waals surface area contributed by atoms with E-state index in [-0.39, 0.29) is 47.9 Å². The molecule has 1 aromatic carbocycles. The van der Waals surface area contributed by atoms with E-state index in [2.05, 4.69) is 5.32 Å². The van der Waals surface area contributed by atoms with Crippen molar-refractivity contribution in [2.24, 2.45) is 5.92 Å². The number of ether oxygens (including phenoxy) is 1. The largest absolute Gasteiger partial charge is 1.00 e. The van der Waals surface area contributed by atoms with Gasteiger partial charge in [0, 0.05) is 7.05 Å². The molecule has 3 rings (SSSR count). The minimum atomic E-state index is -1.42. The van der Waals surface area contributed by atoms with Crippen molar-refractivity contribution >= 4 is 23.5 Å². The molecule has 138 valence electrons. The summed E-state index contributed by atoms with van der Waals surface area (Å²) in [5.74, 6) is -2.44. The number of aliphatic hydroxyl groups excluding tert-OH is 1. The molecule has 2 heterocycles. The van der Waals surface area contributed by atoms with Crippen LogP contribution in [0.15, 0.2) is 30.0 Å². The van der Waals surface area contributed by atoms with Crippen LogP contribution in [0.25, 0.3) is 5.57 Å². The van der Waals surface area contributed by atoms with Gasteiger partial charge in [-0.15, -0.1) is 0 Å². The molecule has 0 saturated carbocycles. The van der Waals surface area contributed by atoms with E-state index in [1.807, 2.05) is 0 Å². The molecule has 1 aromatic rings. The number of nitrogens with zero attached hydrogens (tertiary/aromatic N) is 1. The van der Waals surface area contributed by atoms with Gasteiger partial charge in [-0.25, -0.2) is 4.79 Å². The molecule has 1 saturated heterocycles. The van der Waals surface area contributed by atoms with Gasteiger partial charge < -0.3 is 30.0 Å². The summed E-state index contributed by atoms with van der Waals surface area (Å²) in [6.45, 7) is 1.55. The number of benzene rings is 1. The van der Waals surface area contributed by atoms with Crippen LogP contribution in [0.5, 0.6) is 0 Å². The van der Waals surface area contributed by atoms with Gasteiger partial charge in [0.15, 0.2) is 0 Å². The van der Waals surface area contributed by atoms with E-state index in [1.165, 1.54) is 18.9 Å². The van der Waals surface area contributed by atoms with Gasteiger partial charge in [-0.05, 0) is 36.1 Å². The molecule has 3 atom stereocenters. The van der Waals surface area contributed by atoms with Crippen molar-refractivity contribution in [1.82, 2.24) is 10.2 Å². The Bertz CT molecular complexity index is 807. The molecule has 2 N–H and O–H groups in total. The Morgan fingerprint density at radius 1 is 1.44 bits per heavy atom. The van der Waals surface area contributed by atoms with Gasteiger partial charge in [-0.3, -0.25) is 4.79 Å². The van der Waals surface area contributed by atoms with Crippen LogP contribution in [-0.4, -0.2) is 47.2 Å². The number of rotatable bonds is 5. The number of β-lactam (4-membered cyclic amide) rings is 1. The molecular weight excluding hydrogens is 363 g/mol. The number of alkyl carbamates (subject to hydrolysis) is 1. The fourth-order valence-electron chi connectivity index (χ4n) is 3.59. The van der Waals surface area contributed by atoms with E-state index in [1.54, 1.807) is 24.3 Å². The zero-order chi connectivity index (χ0) is 19.0. The Labute approximate surface area is 178 Å². The molecule has 0 aromatic heterocycles. The van der Waals surface area contributed by atoms with Crippen LogP contribution >= 0.6 is 0 Å². The Morgan fingerprint density at radius 2 is 2.15 bits per heavy atom. The molecule has 0 spiro atoms. The van der Waals surface area contributed by atoms with E-state index in [4.69, 9.17) is 4.74 Å². The van der Waals surface area contributed by atoms with Crippen LogP contribution in [0, 0.1) is 5.92 Å². The monoisotopic (exact) mass is 382 g/mol. The standard InChI is InChI=1S/C18H20N2O6.Na/c1-9(21)14-13-7-12(15(17(23)24)20(13)16(14)22)11-5-3-4-10(6-11)8-26-18(25)19-2;/h3-6,9,13-14,21H,7-8H2,1-2H3,(H,19,25)(H,23,24);/q;+1/p-1/t9-,13-,14-;/m1./s1. The summed E-state index contributed by atoms with van der Waals surface area (Å²) in [5.41, 5.74) is 1.63. The van der Waals surface area contributed by atoms with Crippen LogP contribution in [-0.2, 0) is 20.9 Å². The first-order valence-electron chi connectivity index (χ1n) is 8.24. The number of fused-ring (bicyclic) bond motifs is 1. The first kappa shape index (κ1) is 21.4. The second-order valence-corrected chi connectivity index (χ2v) is 6.39. The summed E-state index contributed by atoms with van der Waals surface area (Å²) >= 11 is 0. The van der Waals surface area contributed by atoms with Gasteiger partial charge in [-0.2, -0.15) is 0 Å². The van der Waals surface area contributed by atoms with Crippen molar-refractivity contribution in [2.45, 2.75) is 32.1 Å². The number of aliphatic carboxylic acids is 1. The Kier molecular flexibility index (Phi) is 6.69. The van der Waals surface area contributed by atoms with Crippen molar-refractivity contribution in [3.63, 3.8) is 0 Å². The van der Waals surface area contributed by atoms with E-state index in [9.17, 15) is 24.6 Å². The quantitative estimate of drug-likeness (QED) is 0.405. The fraction of sp³-hybridized carbons (Fsp3) is 0.389.